The zero-order valence-corrected chi connectivity index (χ0v) is 16.2. The number of fused-ring (bicyclic) bond motifs is 1. The Morgan fingerprint density at radius 1 is 1.12 bits per heavy atom. The highest BCUT2D eigenvalue weighted by Gasteiger charge is 2.42. The molecule has 1 aliphatic rings. The standard InChI is InChI=1S/C19H20ClNO.C2H7N/c1-3-12-19(2)16-7-5-4-6-15(16)17(21-18(19)22)13-8-10-14(20)11-9-13;1-3-2/h4-11,17H,3,12H2,1-2H3,(H,21,22);3H,1-2H3. The Morgan fingerprint density at radius 2 is 1.72 bits per heavy atom. The third-order valence-corrected chi connectivity index (χ3v) is 4.85. The lowest BCUT2D eigenvalue weighted by Gasteiger charge is -2.39. The van der Waals surface area contributed by atoms with E-state index in [4.69, 9.17) is 11.6 Å². The monoisotopic (exact) mass is 358 g/mol. The molecule has 0 saturated heterocycles. The van der Waals surface area contributed by atoms with E-state index in [0.29, 0.717) is 5.02 Å². The van der Waals surface area contributed by atoms with Gasteiger partial charge in [0, 0.05) is 5.02 Å². The van der Waals surface area contributed by atoms with Crippen LogP contribution in [0.5, 0.6) is 0 Å². The van der Waals surface area contributed by atoms with Crippen LogP contribution in [0.3, 0.4) is 0 Å². The lowest BCUT2D eigenvalue weighted by Crippen LogP contribution is -2.49. The second kappa shape index (κ2) is 8.50. The van der Waals surface area contributed by atoms with E-state index in [9.17, 15) is 4.79 Å². The lowest BCUT2D eigenvalue weighted by atomic mass is 9.71. The van der Waals surface area contributed by atoms with Gasteiger partial charge in [-0.15, -0.1) is 0 Å². The Morgan fingerprint density at radius 3 is 2.32 bits per heavy atom. The average Bonchev–Trinajstić information content (AvgIpc) is 2.60. The maximum atomic E-state index is 12.8. The number of benzene rings is 2. The maximum absolute atomic E-state index is 12.8. The van der Waals surface area contributed by atoms with Crippen molar-refractivity contribution in [3.63, 3.8) is 0 Å². The minimum atomic E-state index is -0.450. The Kier molecular flexibility index (Phi) is 6.63. The third-order valence-electron chi connectivity index (χ3n) is 4.60. The van der Waals surface area contributed by atoms with Gasteiger partial charge in [0.15, 0.2) is 0 Å². The summed E-state index contributed by atoms with van der Waals surface area (Å²) in [6.45, 7) is 4.16. The highest BCUT2D eigenvalue weighted by molar-refractivity contribution is 6.30. The molecular weight excluding hydrogens is 332 g/mol. The molecule has 25 heavy (non-hydrogen) atoms. The third kappa shape index (κ3) is 4.05. The van der Waals surface area contributed by atoms with Crippen LogP contribution in [0.15, 0.2) is 48.5 Å². The zero-order chi connectivity index (χ0) is 18.4. The molecule has 0 saturated carbocycles. The van der Waals surface area contributed by atoms with Gasteiger partial charge < -0.3 is 10.6 Å². The van der Waals surface area contributed by atoms with Crippen LogP contribution in [0.4, 0.5) is 0 Å². The van der Waals surface area contributed by atoms with Crippen molar-refractivity contribution in [3.8, 4) is 0 Å². The van der Waals surface area contributed by atoms with E-state index >= 15 is 0 Å². The first-order valence-corrected chi connectivity index (χ1v) is 9.10. The first-order chi connectivity index (χ1) is 12.0. The molecule has 134 valence electrons. The minimum Gasteiger partial charge on any atom is -0.344 e. The molecule has 2 aromatic carbocycles. The number of nitrogens with one attached hydrogen (secondary N) is 2. The first-order valence-electron chi connectivity index (χ1n) is 8.72. The second-order valence-corrected chi connectivity index (χ2v) is 7.06. The van der Waals surface area contributed by atoms with Crippen molar-refractivity contribution < 1.29 is 4.79 Å². The van der Waals surface area contributed by atoms with Crippen LogP contribution >= 0.6 is 11.6 Å². The van der Waals surface area contributed by atoms with E-state index in [2.05, 4.69) is 29.7 Å². The highest BCUT2D eigenvalue weighted by atomic mass is 35.5. The first kappa shape index (κ1) is 19.5. The molecule has 2 aromatic rings. The van der Waals surface area contributed by atoms with Crippen LogP contribution in [0.2, 0.25) is 5.02 Å². The molecule has 2 atom stereocenters. The van der Waals surface area contributed by atoms with Crippen molar-refractivity contribution in [1.29, 1.82) is 0 Å². The Bertz CT molecular complexity index is 714. The fourth-order valence-corrected chi connectivity index (χ4v) is 3.53. The summed E-state index contributed by atoms with van der Waals surface area (Å²) >= 11 is 5.98. The maximum Gasteiger partial charge on any atom is 0.231 e. The molecule has 0 aliphatic carbocycles. The molecule has 3 rings (SSSR count). The van der Waals surface area contributed by atoms with Crippen molar-refractivity contribution in [2.75, 3.05) is 14.1 Å². The van der Waals surface area contributed by atoms with Crippen LogP contribution < -0.4 is 10.6 Å². The average molecular weight is 359 g/mol. The predicted molar refractivity (Wildman–Crippen MR) is 105 cm³/mol. The van der Waals surface area contributed by atoms with Crippen LogP contribution in [-0.4, -0.2) is 20.0 Å². The van der Waals surface area contributed by atoms with E-state index in [1.807, 2.05) is 57.4 Å². The summed E-state index contributed by atoms with van der Waals surface area (Å²) in [5.74, 6) is 0.105. The molecule has 0 aromatic heterocycles. The van der Waals surface area contributed by atoms with Gasteiger partial charge in [0.05, 0.1) is 11.5 Å². The molecule has 3 nitrogen and oxygen atoms in total. The molecule has 0 fully saturated rings. The van der Waals surface area contributed by atoms with Crippen LogP contribution in [-0.2, 0) is 10.2 Å². The summed E-state index contributed by atoms with van der Waals surface area (Å²) in [6.07, 6.45) is 1.83. The number of rotatable bonds is 3. The molecule has 1 heterocycles. The van der Waals surface area contributed by atoms with Crippen molar-refractivity contribution in [2.24, 2.45) is 0 Å². The van der Waals surface area contributed by atoms with E-state index < -0.39 is 5.41 Å². The fraction of sp³-hybridized carbons (Fsp3) is 0.381. The summed E-state index contributed by atoms with van der Waals surface area (Å²) in [5.41, 5.74) is 2.93. The van der Waals surface area contributed by atoms with Gasteiger partial charge in [0.1, 0.15) is 0 Å². The number of halogens is 1. The van der Waals surface area contributed by atoms with Crippen molar-refractivity contribution in [3.05, 3.63) is 70.2 Å². The van der Waals surface area contributed by atoms with E-state index in [1.165, 1.54) is 5.56 Å². The van der Waals surface area contributed by atoms with Crippen molar-refractivity contribution >= 4 is 17.5 Å². The van der Waals surface area contributed by atoms with Crippen LogP contribution in [0, 0.1) is 0 Å². The number of amides is 1. The summed E-state index contributed by atoms with van der Waals surface area (Å²) in [4.78, 5) is 12.8. The Hall–Kier alpha value is -1.84. The molecule has 2 N–H and O–H groups in total. The second-order valence-electron chi connectivity index (χ2n) is 6.63. The number of carbonyl (C=O) groups is 1. The smallest absolute Gasteiger partial charge is 0.231 e. The van der Waals surface area contributed by atoms with Crippen LogP contribution in [0.25, 0.3) is 0 Å². The SMILES string of the molecule is CCCC1(C)C(=O)NC(c2ccc(Cl)cc2)c2ccccc21.CNC. The minimum absolute atomic E-state index is 0.105. The van der Waals surface area contributed by atoms with Gasteiger partial charge in [-0.25, -0.2) is 0 Å². The lowest BCUT2D eigenvalue weighted by molar-refractivity contribution is -0.127. The molecular formula is C21H27ClN2O. The fourth-order valence-electron chi connectivity index (χ4n) is 3.41. The number of carbonyl (C=O) groups excluding carboxylic acids is 1. The largest absolute Gasteiger partial charge is 0.344 e. The molecule has 2 unspecified atom stereocenters. The molecule has 1 amide bonds. The van der Waals surface area contributed by atoms with Crippen LogP contribution in [0.1, 0.15) is 49.4 Å². The molecule has 0 radical (unpaired) electrons. The van der Waals surface area contributed by atoms with E-state index in [1.54, 1.807) is 0 Å². The van der Waals surface area contributed by atoms with Gasteiger partial charge in [-0.1, -0.05) is 61.3 Å². The van der Waals surface area contributed by atoms with Gasteiger partial charge in [0.25, 0.3) is 0 Å². The molecule has 0 bridgehead atoms. The molecule has 1 aliphatic heterocycles. The van der Waals surface area contributed by atoms with Gasteiger partial charge in [-0.05, 0) is 56.3 Å². The van der Waals surface area contributed by atoms with Gasteiger partial charge in [0.2, 0.25) is 5.91 Å². The summed E-state index contributed by atoms with van der Waals surface area (Å²) < 4.78 is 0. The highest BCUT2D eigenvalue weighted by Crippen LogP contribution is 2.40. The van der Waals surface area contributed by atoms with Crippen molar-refractivity contribution in [1.82, 2.24) is 10.6 Å². The number of hydrogen-bond donors (Lipinski definition) is 2. The van der Waals surface area contributed by atoms with Gasteiger partial charge in [-0.3, -0.25) is 4.79 Å². The normalized spacial score (nSPS) is 21.6. The van der Waals surface area contributed by atoms with E-state index in [-0.39, 0.29) is 11.9 Å². The number of hydrogen-bond acceptors (Lipinski definition) is 2. The zero-order valence-electron chi connectivity index (χ0n) is 15.4. The summed E-state index contributed by atoms with van der Waals surface area (Å²) in [5, 5.41) is 6.66. The topological polar surface area (TPSA) is 41.1 Å². The van der Waals surface area contributed by atoms with Crippen molar-refractivity contribution in [2.45, 2.75) is 38.1 Å². The quantitative estimate of drug-likeness (QED) is 0.850. The predicted octanol–water partition coefficient (Wildman–Crippen LogP) is 4.45. The summed E-state index contributed by atoms with van der Waals surface area (Å²) in [7, 11) is 3.75. The Balaban J connectivity index is 0.000000701. The van der Waals surface area contributed by atoms with Gasteiger partial charge in [-0.2, -0.15) is 0 Å². The molecule has 0 spiro atoms. The molecule has 4 heteroatoms. The Labute approximate surface area is 155 Å². The summed E-state index contributed by atoms with van der Waals surface area (Å²) in [6, 6.07) is 15.8. The van der Waals surface area contributed by atoms with E-state index in [0.717, 1.165) is 24.0 Å². The van der Waals surface area contributed by atoms with Gasteiger partial charge >= 0.3 is 0 Å².